The molecule has 0 aliphatic heterocycles. The van der Waals surface area contributed by atoms with Crippen LogP contribution in [0, 0.1) is 12.7 Å². The third-order valence-corrected chi connectivity index (χ3v) is 4.81. The third kappa shape index (κ3) is 4.12. The molecule has 3 aromatic rings. The molecule has 0 unspecified atom stereocenters. The van der Waals surface area contributed by atoms with Crippen LogP contribution in [0.1, 0.15) is 15.9 Å². The summed E-state index contributed by atoms with van der Waals surface area (Å²) in [5.41, 5.74) is 2.25. The SMILES string of the molecule is Cc1cc(-c2ccccc2)cc(C(=O)N(C)NSc2ccccc2)c1F. The van der Waals surface area contributed by atoms with Gasteiger partial charge >= 0.3 is 0 Å². The predicted octanol–water partition coefficient (Wildman–Crippen LogP) is 5.09. The molecule has 0 atom stereocenters. The smallest absolute Gasteiger partial charge is 0.267 e. The second kappa shape index (κ2) is 8.17. The first-order valence-electron chi connectivity index (χ1n) is 8.17. The van der Waals surface area contributed by atoms with Gasteiger partial charge in [-0.15, -0.1) is 0 Å². The lowest BCUT2D eigenvalue weighted by Gasteiger charge is -2.19. The van der Waals surface area contributed by atoms with Gasteiger partial charge in [0.2, 0.25) is 0 Å². The van der Waals surface area contributed by atoms with E-state index >= 15 is 0 Å². The monoisotopic (exact) mass is 366 g/mol. The van der Waals surface area contributed by atoms with Crippen molar-refractivity contribution in [3.8, 4) is 11.1 Å². The van der Waals surface area contributed by atoms with Gasteiger partial charge in [-0.2, -0.15) is 4.83 Å². The summed E-state index contributed by atoms with van der Waals surface area (Å²) >= 11 is 1.29. The van der Waals surface area contributed by atoms with Crippen molar-refractivity contribution in [3.63, 3.8) is 0 Å². The molecule has 0 saturated heterocycles. The summed E-state index contributed by atoms with van der Waals surface area (Å²) in [6, 6.07) is 22.6. The Morgan fingerprint density at radius 3 is 2.23 bits per heavy atom. The molecule has 3 aromatic carbocycles. The molecule has 0 aromatic heterocycles. The van der Waals surface area contributed by atoms with Crippen LogP contribution in [-0.4, -0.2) is 18.0 Å². The van der Waals surface area contributed by atoms with Crippen LogP contribution in [0.4, 0.5) is 4.39 Å². The number of carbonyl (C=O) groups is 1. The topological polar surface area (TPSA) is 32.3 Å². The molecule has 0 saturated carbocycles. The van der Waals surface area contributed by atoms with Crippen molar-refractivity contribution in [1.29, 1.82) is 0 Å². The quantitative estimate of drug-likeness (QED) is 0.504. The Bertz CT molecular complexity index is 901. The third-order valence-electron chi connectivity index (χ3n) is 3.94. The van der Waals surface area contributed by atoms with Crippen LogP contribution in [0.3, 0.4) is 0 Å². The Balaban J connectivity index is 1.83. The lowest BCUT2D eigenvalue weighted by molar-refractivity contribution is 0.0766. The van der Waals surface area contributed by atoms with E-state index in [1.54, 1.807) is 26.1 Å². The highest BCUT2D eigenvalue weighted by Gasteiger charge is 2.19. The van der Waals surface area contributed by atoms with E-state index in [0.717, 1.165) is 16.0 Å². The summed E-state index contributed by atoms with van der Waals surface area (Å²) in [6.07, 6.45) is 0. The molecule has 1 amide bonds. The number of halogens is 1. The van der Waals surface area contributed by atoms with Crippen LogP contribution in [-0.2, 0) is 0 Å². The molecule has 5 heteroatoms. The zero-order chi connectivity index (χ0) is 18.5. The molecule has 132 valence electrons. The van der Waals surface area contributed by atoms with Crippen molar-refractivity contribution in [2.75, 3.05) is 7.05 Å². The van der Waals surface area contributed by atoms with E-state index in [2.05, 4.69) is 4.83 Å². The highest BCUT2D eigenvalue weighted by Crippen LogP contribution is 2.25. The second-order valence-corrected chi connectivity index (χ2v) is 6.75. The number of hydrogen-bond donors (Lipinski definition) is 1. The van der Waals surface area contributed by atoms with Crippen LogP contribution in [0.15, 0.2) is 77.7 Å². The molecule has 0 radical (unpaired) electrons. The van der Waals surface area contributed by atoms with Crippen LogP contribution < -0.4 is 4.83 Å². The maximum absolute atomic E-state index is 14.6. The van der Waals surface area contributed by atoms with Gasteiger partial charge in [0.25, 0.3) is 5.91 Å². The summed E-state index contributed by atoms with van der Waals surface area (Å²) in [5.74, 6) is -0.917. The fourth-order valence-corrected chi connectivity index (χ4v) is 3.17. The normalized spacial score (nSPS) is 10.6. The van der Waals surface area contributed by atoms with Crippen molar-refractivity contribution in [2.45, 2.75) is 11.8 Å². The number of nitrogens with zero attached hydrogens (tertiary/aromatic N) is 1. The summed E-state index contributed by atoms with van der Waals surface area (Å²) in [4.78, 5) is 16.6. The van der Waals surface area contributed by atoms with Gasteiger partial charge in [0.05, 0.1) is 5.56 Å². The first-order chi connectivity index (χ1) is 12.6. The van der Waals surface area contributed by atoms with Gasteiger partial charge in [-0.25, -0.2) is 4.39 Å². The second-order valence-electron chi connectivity index (χ2n) is 5.89. The van der Waals surface area contributed by atoms with Crippen molar-refractivity contribution >= 4 is 17.9 Å². The molecule has 1 N–H and O–H groups in total. The predicted molar refractivity (Wildman–Crippen MR) is 104 cm³/mol. The number of carbonyl (C=O) groups excluding carboxylic acids is 1. The molecule has 0 fully saturated rings. The number of amides is 1. The molecule has 0 aliphatic carbocycles. The average Bonchev–Trinajstić information content (AvgIpc) is 2.69. The Morgan fingerprint density at radius 1 is 0.962 bits per heavy atom. The maximum Gasteiger partial charge on any atom is 0.271 e. The highest BCUT2D eigenvalue weighted by atomic mass is 32.2. The Hall–Kier alpha value is -2.63. The van der Waals surface area contributed by atoms with Gasteiger partial charge in [0.1, 0.15) is 5.82 Å². The summed E-state index contributed by atoms with van der Waals surface area (Å²) in [5, 5.41) is 1.30. The van der Waals surface area contributed by atoms with Crippen LogP contribution in [0.2, 0.25) is 0 Å². The number of benzene rings is 3. The molecule has 0 bridgehead atoms. The van der Waals surface area contributed by atoms with Gasteiger partial charge < -0.3 is 0 Å². The Morgan fingerprint density at radius 2 is 1.58 bits per heavy atom. The summed E-state index contributed by atoms with van der Waals surface area (Å²) in [6.45, 7) is 1.67. The average molecular weight is 366 g/mol. The number of hydrogen-bond acceptors (Lipinski definition) is 3. The molecular weight excluding hydrogens is 347 g/mol. The largest absolute Gasteiger partial charge is 0.271 e. The number of aryl methyl sites for hydroxylation is 1. The van der Waals surface area contributed by atoms with E-state index < -0.39 is 11.7 Å². The van der Waals surface area contributed by atoms with E-state index in [4.69, 9.17) is 0 Å². The van der Waals surface area contributed by atoms with Gasteiger partial charge in [-0.05, 0) is 59.8 Å². The van der Waals surface area contributed by atoms with Crippen molar-refractivity contribution in [2.24, 2.45) is 0 Å². The standard InChI is InChI=1S/C21H19FN2OS/c1-15-13-17(16-9-5-3-6-10-16)14-19(20(15)22)21(25)24(2)23-26-18-11-7-4-8-12-18/h3-14,23H,1-2H3. The van der Waals surface area contributed by atoms with Gasteiger partial charge in [0.15, 0.2) is 0 Å². The number of hydrazine groups is 1. The van der Waals surface area contributed by atoms with Gasteiger partial charge in [-0.3, -0.25) is 9.80 Å². The summed E-state index contributed by atoms with van der Waals surface area (Å²) in [7, 11) is 1.59. The Kier molecular flexibility index (Phi) is 5.71. The van der Waals surface area contributed by atoms with Crippen LogP contribution >= 0.6 is 11.9 Å². The van der Waals surface area contributed by atoms with Crippen molar-refractivity contribution in [3.05, 3.63) is 89.7 Å². The van der Waals surface area contributed by atoms with Crippen molar-refractivity contribution < 1.29 is 9.18 Å². The van der Waals surface area contributed by atoms with Crippen LogP contribution in [0.5, 0.6) is 0 Å². The lowest BCUT2D eigenvalue weighted by atomic mass is 9.99. The molecule has 26 heavy (non-hydrogen) atoms. The van der Waals surface area contributed by atoms with Crippen molar-refractivity contribution in [1.82, 2.24) is 9.84 Å². The van der Waals surface area contributed by atoms with Gasteiger partial charge in [0, 0.05) is 11.9 Å². The fraction of sp³-hybridized carbons (Fsp3) is 0.0952. The minimum absolute atomic E-state index is 0.0486. The molecule has 0 spiro atoms. The Labute approximate surface area is 157 Å². The minimum Gasteiger partial charge on any atom is -0.267 e. The molecule has 3 rings (SSSR count). The van der Waals surface area contributed by atoms with E-state index in [-0.39, 0.29) is 5.56 Å². The van der Waals surface area contributed by atoms with E-state index in [1.807, 2.05) is 60.7 Å². The minimum atomic E-state index is -0.493. The zero-order valence-corrected chi connectivity index (χ0v) is 15.4. The fourth-order valence-electron chi connectivity index (χ4n) is 2.55. The highest BCUT2D eigenvalue weighted by molar-refractivity contribution is 7.97. The molecule has 3 nitrogen and oxygen atoms in total. The van der Waals surface area contributed by atoms with Crippen LogP contribution in [0.25, 0.3) is 11.1 Å². The summed E-state index contributed by atoms with van der Waals surface area (Å²) < 4.78 is 14.6. The van der Waals surface area contributed by atoms with E-state index in [1.165, 1.54) is 17.0 Å². The number of nitrogens with one attached hydrogen (secondary N) is 1. The first-order valence-corrected chi connectivity index (χ1v) is 8.99. The van der Waals surface area contributed by atoms with E-state index in [0.29, 0.717) is 5.56 Å². The first kappa shape index (κ1) is 18.2. The molecule has 0 aliphatic rings. The molecular formula is C21H19FN2OS. The lowest BCUT2D eigenvalue weighted by Crippen LogP contribution is -2.35. The zero-order valence-electron chi connectivity index (χ0n) is 14.6. The molecule has 0 heterocycles. The van der Waals surface area contributed by atoms with Gasteiger partial charge in [-0.1, -0.05) is 48.5 Å². The number of rotatable bonds is 5. The van der Waals surface area contributed by atoms with E-state index in [9.17, 15) is 9.18 Å². The maximum atomic E-state index is 14.6.